The van der Waals surface area contributed by atoms with Gasteiger partial charge < -0.3 is 15.6 Å². The number of aliphatic hydroxyl groups is 1. The molecule has 19 heavy (non-hydrogen) atoms. The monoisotopic (exact) mass is 264 g/mol. The molecule has 0 spiro atoms. The lowest BCUT2D eigenvalue weighted by molar-refractivity contribution is 0.108. The van der Waals surface area contributed by atoms with Crippen molar-refractivity contribution >= 4 is 5.69 Å². The van der Waals surface area contributed by atoms with Gasteiger partial charge in [0.15, 0.2) is 0 Å². The van der Waals surface area contributed by atoms with Crippen molar-refractivity contribution in [1.29, 1.82) is 0 Å². The second-order valence-electron chi connectivity index (χ2n) is 5.20. The number of benzene rings is 1. The Morgan fingerprint density at radius 1 is 1.42 bits per heavy atom. The van der Waals surface area contributed by atoms with E-state index in [0.29, 0.717) is 6.04 Å². The van der Waals surface area contributed by atoms with Crippen molar-refractivity contribution in [1.82, 2.24) is 4.90 Å². The van der Waals surface area contributed by atoms with Gasteiger partial charge in [-0.3, -0.25) is 4.90 Å². The lowest BCUT2D eigenvalue weighted by Gasteiger charge is -2.37. The molecule has 1 aliphatic carbocycles. The van der Waals surface area contributed by atoms with Crippen LogP contribution in [0.15, 0.2) is 18.2 Å². The number of rotatable bonds is 7. The van der Waals surface area contributed by atoms with E-state index >= 15 is 0 Å². The zero-order chi connectivity index (χ0) is 13.7. The van der Waals surface area contributed by atoms with Crippen molar-refractivity contribution < 1.29 is 9.84 Å². The van der Waals surface area contributed by atoms with E-state index in [-0.39, 0.29) is 6.61 Å². The molecule has 0 saturated heterocycles. The first-order valence-electron chi connectivity index (χ1n) is 7.02. The SMILES string of the molecule is COc1ccc(N)cc1CN(CCCO)C1CCC1. The van der Waals surface area contributed by atoms with Crippen LogP contribution in [0.3, 0.4) is 0 Å². The summed E-state index contributed by atoms with van der Waals surface area (Å²) in [6.07, 6.45) is 4.65. The van der Waals surface area contributed by atoms with E-state index in [1.54, 1.807) is 7.11 Å². The minimum absolute atomic E-state index is 0.247. The number of nitrogens with two attached hydrogens (primary N) is 1. The Bertz CT molecular complexity index is 405. The van der Waals surface area contributed by atoms with Crippen LogP contribution in [0.25, 0.3) is 0 Å². The Hall–Kier alpha value is -1.26. The minimum atomic E-state index is 0.247. The normalized spacial score (nSPS) is 15.5. The molecule has 2 rings (SSSR count). The standard InChI is InChI=1S/C15H24N2O2/c1-19-15-7-6-13(16)10-12(15)11-17(8-3-9-18)14-4-2-5-14/h6-7,10,14,18H,2-5,8-9,11,16H2,1H3. The number of methoxy groups -OCH3 is 1. The van der Waals surface area contributed by atoms with Crippen molar-refractivity contribution in [3.8, 4) is 5.75 Å². The van der Waals surface area contributed by atoms with Crippen LogP contribution in [0.2, 0.25) is 0 Å². The number of nitrogen functional groups attached to an aromatic ring is 1. The van der Waals surface area contributed by atoms with E-state index in [4.69, 9.17) is 15.6 Å². The summed E-state index contributed by atoms with van der Waals surface area (Å²) < 4.78 is 5.41. The van der Waals surface area contributed by atoms with Gasteiger partial charge in [-0.2, -0.15) is 0 Å². The molecule has 0 aliphatic heterocycles. The van der Waals surface area contributed by atoms with Crippen LogP contribution in [0.5, 0.6) is 5.75 Å². The van der Waals surface area contributed by atoms with Crippen LogP contribution in [-0.2, 0) is 6.54 Å². The van der Waals surface area contributed by atoms with Crippen LogP contribution < -0.4 is 10.5 Å². The second-order valence-corrected chi connectivity index (χ2v) is 5.20. The molecule has 0 bridgehead atoms. The number of hydrogen-bond donors (Lipinski definition) is 2. The van der Waals surface area contributed by atoms with Crippen LogP contribution >= 0.6 is 0 Å². The van der Waals surface area contributed by atoms with Gasteiger partial charge in [0.25, 0.3) is 0 Å². The molecule has 1 aromatic rings. The topological polar surface area (TPSA) is 58.7 Å². The van der Waals surface area contributed by atoms with Crippen molar-refractivity contribution in [3.05, 3.63) is 23.8 Å². The van der Waals surface area contributed by atoms with Gasteiger partial charge in [-0.05, 0) is 37.5 Å². The average Bonchev–Trinajstić information content (AvgIpc) is 2.34. The summed E-state index contributed by atoms with van der Waals surface area (Å²) in [7, 11) is 1.69. The van der Waals surface area contributed by atoms with E-state index in [9.17, 15) is 0 Å². The first kappa shape index (κ1) is 14.2. The highest BCUT2D eigenvalue weighted by molar-refractivity contribution is 5.47. The molecule has 106 valence electrons. The Morgan fingerprint density at radius 2 is 2.21 bits per heavy atom. The molecule has 0 heterocycles. The van der Waals surface area contributed by atoms with Gasteiger partial charge in [-0.1, -0.05) is 6.42 Å². The maximum atomic E-state index is 9.03. The van der Waals surface area contributed by atoms with Gasteiger partial charge in [0.05, 0.1) is 7.11 Å². The highest BCUT2D eigenvalue weighted by Gasteiger charge is 2.25. The van der Waals surface area contributed by atoms with Gasteiger partial charge in [-0.25, -0.2) is 0 Å². The summed E-state index contributed by atoms with van der Waals surface area (Å²) >= 11 is 0. The number of aliphatic hydroxyl groups excluding tert-OH is 1. The number of nitrogens with zero attached hydrogens (tertiary/aromatic N) is 1. The van der Waals surface area contributed by atoms with E-state index in [2.05, 4.69) is 4.90 Å². The van der Waals surface area contributed by atoms with Gasteiger partial charge >= 0.3 is 0 Å². The quantitative estimate of drug-likeness (QED) is 0.740. The van der Waals surface area contributed by atoms with E-state index < -0.39 is 0 Å². The predicted octanol–water partition coefficient (Wildman–Crippen LogP) is 2.01. The lowest BCUT2D eigenvalue weighted by atomic mass is 9.91. The fourth-order valence-electron chi connectivity index (χ4n) is 2.56. The fourth-order valence-corrected chi connectivity index (χ4v) is 2.56. The van der Waals surface area contributed by atoms with Crippen LogP contribution in [-0.4, -0.2) is 36.3 Å². The summed E-state index contributed by atoms with van der Waals surface area (Å²) in [6, 6.07) is 6.43. The first-order chi connectivity index (χ1) is 9.24. The maximum absolute atomic E-state index is 9.03. The molecule has 0 radical (unpaired) electrons. The molecule has 1 fully saturated rings. The molecule has 4 nitrogen and oxygen atoms in total. The molecule has 1 aromatic carbocycles. The summed E-state index contributed by atoms with van der Waals surface area (Å²) in [4.78, 5) is 2.44. The summed E-state index contributed by atoms with van der Waals surface area (Å²) in [5.74, 6) is 0.891. The molecular formula is C15H24N2O2. The van der Waals surface area contributed by atoms with E-state index in [1.807, 2.05) is 18.2 Å². The second kappa shape index (κ2) is 6.78. The van der Waals surface area contributed by atoms with Crippen molar-refractivity contribution in [2.24, 2.45) is 0 Å². The highest BCUT2D eigenvalue weighted by atomic mass is 16.5. The Balaban J connectivity index is 2.08. The zero-order valence-electron chi connectivity index (χ0n) is 11.6. The number of hydrogen-bond acceptors (Lipinski definition) is 4. The smallest absolute Gasteiger partial charge is 0.123 e. The third-order valence-electron chi connectivity index (χ3n) is 3.87. The van der Waals surface area contributed by atoms with Gasteiger partial charge in [0, 0.05) is 37.0 Å². The fraction of sp³-hybridized carbons (Fsp3) is 0.600. The molecule has 1 aliphatic rings. The Kier molecular flexibility index (Phi) is 5.05. The minimum Gasteiger partial charge on any atom is -0.496 e. The lowest BCUT2D eigenvalue weighted by Crippen LogP contribution is -2.40. The summed E-state index contributed by atoms with van der Waals surface area (Å²) in [6.45, 7) is 2.02. The van der Waals surface area contributed by atoms with Gasteiger partial charge in [0.2, 0.25) is 0 Å². The van der Waals surface area contributed by atoms with Crippen molar-refractivity contribution in [2.75, 3.05) is 26.0 Å². The molecule has 0 amide bonds. The summed E-state index contributed by atoms with van der Waals surface area (Å²) in [5.41, 5.74) is 7.77. The highest BCUT2D eigenvalue weighted by Crippen LogP contribution is 2.29. The van der Waals surface area contributed by atoms with Crippen molar-refractivity contribution in [3.63, 3.8) is 0 Å². The molecule has 0 aromatic heterocycles. The van der Waals surface area contributed by atoms with Crippen molar-refractivity contribution in [2.45, 2.75) is 38.3 Å². The maximum Gasteiger partial charge on any atom is 0.123 e. The van der Waals surface area contributed by atoms with Crippen LogP contribution in [0.4, 0.5) is 5.69 Å². The molecule has 0 unspecified atom stereocenters. The van der Waals surface area contributed by atoms with Gasteiger partial charge in [0.1, 0.15) is 5.75 Å². The predicted molar refractivity (Wildman–Crippen MR) is 77.2 cm³/mol. The summed E-state index contributed by atoms with van der Waals surface area (Å²) in [5, 5.41) is 9.03. The third kappa shape index (κ3) is 3.61. The molecule has 1 saturated carbocycles. The van der Waals surface area contributed by atoms with E-state index in [1.165, 1.54) is 19.3 Å². The number of anilines is 1. The third-order valence-corrected chi connectivity index (χ3v) is 3.87. The van der Waals surface area contributed by atoms with Crippen LogP contribution in [0.1, 0.15) is 31.2 Å². The van der Waals surface area contributed by atoms with Gasteiger partial charge in [-0.15, -0.1) is 0 Å². The largest absolute Gasteiger partial charge is 0.496 e. The van der Waals surface area contributed by atoms with Crippen LogP contribution in [0, 0.1) is 0 Å². The average molecular weight is 264 g/mol. The molecule has 3 N–H and O–H groups in total. The molecule has 0 atom stereocenters. The zero-order valence-corrected chi connectivity index (χ0v) is 11.6. The van der Waals surface area contributed by atoms with E-state index in [0.717, 1.165) is 36.5 Å². The number of ether oxygens (including phenoxy) is 1. The Morgan fingerprint density at radius 3 is 2.79 bits per heavy atom. The molecule has 4 heteroatoms. The molecular weight excluding hydrogens is 240 g/mol. The Labute approximate surface area is 115 Å². The first-order valence-corrected chi connectivity index (χ1v) is 7.02.